The normalized spacial score (nSPS) is 13.7. The molecule has 0 fully saturated rings. The van der Waals surface area contributed by atoms with Crippen molar-refractivity contribution < 1.29 is 9.90 Å². The van der Waals surface area contributed by atoms with E-state index < -0.39 is 6.09 Å². The van der Waals surface area contributed by atoms with E-state index >= 15 is 0 Å². The van der Waals surface area contributed by atoms with Gasteiger partial charge in [0.15, 0.2) is 0 Å². The Bertz CT molecular complexity index is 130. The Kier molecular flexibility index (Phi) is 3.06. The van der Waals surface area contributed by atoms with Gasteiger partial charge >= 0.3 is 6.09 Å². The van der Waals surface area contributed by atoms with Crippen molar-refractivity contribution in [2.75, 3.05) is 13.6 Å². The summed E-state index contributed by atoms with van der Waals surface area (Å²) in [4.78, 5) is 12.1. The lowest BCUT2D eigenvalue weighted by atomic mass is 10.1. The van der Waals surface area contributed by atoms with E-state index in [1.54, 1.807) is 7.05 Å². The topological polar surface area (TPSA) is 40.5 Å². The third kappa shape index (κ3) is 3.33. The van der Waals surface area contributed by atoms with Gasteiger partial charge in [0, 0.05) is 13.6 Å². The highest BCUT2D eigenvalue weighted by atomic mass is 16.4. The molecule has 1 N–H and O–H groups in total. The van der Waals surface area contributed by atoms with Crippen molar-refractivity contribution in [2.24, 2.45) is 5.92 Å². The first-order valence-corrected chi connectivity index (χ1v) is 3.50. The number of amides is 1. The molecule has 60 valence electrons. The van der Waals surface area contributed by atoms with Crippen LogP contribution in [0.25, 0.3) is 1.43 Å². The van der Waals surface area contributed by atoms with Crippen LogP contribution < -0.4 is 0 Å². The van der Waals surface area contributed by atoms with Crippen LogP contribution in [0.1, 0.15) is 20.3 Å². The second-order valence-corrected chi connectivity index (χ2v) is 2.66. The summed E-state index contributed by atoms with van der Waals surface area (Å²) in [5.74, 6) is 0.457. The third-order valence-electron chi connectivity index (χ3n) is 1.59. The average Bonchev–Trinajstić information content (AvgIpc) is 2.02. The fraction of sp³-hybridized carbons (Fsp3) is 0.857. The smallest absolute Gasteiger partial charge is 0.407 e. The largest absolute Gasteiger partial charge is 0.465 e. The zero-order chi connectivity index (χ0) is 8.85. The molecule has 3 heteroatoms. The number of hydrogen-bond acceptors (Lipinski definition) is 2. The highest BCUT2D eigenvalue weighted by molar-refractivity contribution is 5.64. The molecule has 3 nitrogen and oxygen atoms in total. The molecule has 0 heterocycles. The van der Waals surface area contributed by atoms with E-state index in [0.29, 0.717) is 12.5 Å². The lowest BCUT2D eigenvalue weighted by molar-refractivity contribution is 0.149. The van der Waals surface area contributed by atoms with Crippen LogP contribution in [0.5, 0.6) is 0 Å². The lowest BCUT2D eigenvalue weighted by Crippen LogP contribution is -2.29. The van der Waals surface area contributed by atoms with Crippen molar-refractivity contribution in [3.8, 4) is 0 Å². The fourth-order valence-corrected chi connectivity index (χ4v) is 0.671. The number of rotatable bonds is 3. The van der Waals surface area contributed by atoms with E-state index in [4.69, 9.17) is 1.43 Å². The molecule has 0 radical (unpaired) electrons. The molecule has 1 amide bonds. The predicted molar refractivity (Wildman–Crippen MR) is 40.1 cm³/mol. The first kappa shape index (κ1) is 7.38. The fourth-order valence-electron chi connectivity index (χ4n) is 0.671. The maximum Gasteiger partial charge on any atom is 0.407 e. The molecule has 0 aliphatic carbocycles. The minimum Gasteiger partial charge on any atom is -0.465 e. The Hall–Kier alpha value is -0.730. The maximum atomic E-state index is 10.7. The Morgan fingerprint density at radius 2 is 2.50 bits per heavy atom. The maximum absolute atomic E-state index is 10.7. The van der Waals surface area contributed by atoms with Crippen molar-refractivity contribution in [2.45, 2.75) is 20.3 Å². The summed E-state index contributed by atoms with van der Waals surface area (Å²) in [5.41, 5.74) is 0. The van der Waals surface area contributed by atoms with Gasteiger partial charge in [0.05, 0.1) is 0 Å². The minimum atomic E-state index is -0.592. The van der Waals surface area contributed by atoms with Gasteiger partial charge in [-0.15, -0.1) is 0 Å². The zero-order valence-corrected chi connectivity index (χ0v) is 6.76. The van der Waals surface area contributed by atoms with E-state index in [2.05, 4.69) is 12.0 Å². The summed E-state index contributed by atoms with van der Waals surface area (Å²) in [5, 5.41) is 3.79. The first-order chi connectivity index (χ1) is 5.11. The van der Waals surface area contributed by atoms with Crippen LogP contribution in [0.15, 0.2) is 0 Å². The molecule has 1 unspecified atom stereocenters. The second kappa shape index (κ2) is 4.14. The lowest BCUT2D eigenvalue weighted by Gasteiger charge is -2.16. The molecule has 0 aromatic heterocycles. The van der Waals surface area contributed by atoms with Crippen LogP contribution in [-0.2, 0) is 0 Å². The van der Waals surface area contributed by atoms with Crippen molar-refractivity contribution in [3.63, 3.8) is 0 Å². The van der Waals surface area contributed by atoms with Gasteiger partial charge in [-0.25, -0.2) is 4.79 Å². The molecule has 0 saturated heterocycles. The van der Waals surface area contributed by atoms with Gasteiger partial charge < -0.3 is 10.0 Å². The summed E-state index contributed by atoms with van der Waals surface area (Å²) in [6.45, 7) is 4.76. The molecule has 0 aromatic carbocycles. The summed E-state index contributed by atoms with van der Waals surface area (Å²) in [6.07, 6.45) is 0.431. The van der Waals surface area contributed by atoms with Crippen molar-refractivity contribution in [3.05, 3.63) is 0 Å². The van der Waals surface area contributed by atoms with Crippen LogP contribution in [0, 0.1) is 5.92 Å². The molecule has 1 atom stereocenters. The molecular weight excluding hydrogens is 130 g/mol. The number of hydrogen-bond donors (Lipinski definition) is 1. The number of nitrogens with zero attached hydrogens (tertiary/aromatic N) is 1. The van der Waals surface area contributed by atoms with Gasteiger partial charge in [0.25, 0.3) is 1.43 Å². The van der Waals surface area contributed by atoms with E-state index in [1.165, 1.54) is 4.90 Å². The van der Waals surface area contributed by atoms with Gasteiger partial charge in [-0.2, -0.15) is 0 Å². The summed E-state index contributed by atoms with van der Waals surface area (Å²) in [7, 11) is 1.63. The first-order valence-electron chi connectivity index (χ1n) is 3.90. The van der Waals surface area contributed by atoms with E-state index in [-0.39, 0.29) is 0 Å². The SMILES string of the molecule is [3H]OC(=O)N(C)CC(C)CC. The van der Waals surface area contributed by atoms with Gasteiger partial charge in [-0.1, -0.05) is 20.3 Å². The minimum absolute atomic E-state index is 0.457. The van der Waals surface area contributed by atoms with Gasteiger partial charge in [0.2, 0.25) is 0 Å². The molecule has 0 bridgehead atoms. The zero-order valence-electron chi connectivity index (χ0n) is 7.76. The number of carbonyl (C=O) groups is 1. The van der Waals surface area contributed by atoms with Gasteiger partial charge in [0.1, 0.15) is 0 Å². The molecule has 0 spiro atoms. The Balaban J connectivity index is 3.67. The van der Waals surface area contributed by atoms with Crippen LogP contribution in [0.4, 0.5) is 4.79 Å². The summed E-state index contributed by atoms with van der Waals surface area (Å²) >= 11 is 0. The van der Waals surface area contributed by atoms with Crippen molar-refractivity contribution in [1.29, 1.82) is 1.43 Å². The van der Waals surface area contributed by atoms with Crippen LogP contribution in [-0.4, -0.2) is 29.7 Å². The molecule has 0 rings (SSSR count). The Morgan fingerprint density at radius 1 is 1.90 bits per heavy atom. The molecule has 0 saturated carbocycles. The molecule has 10 heavy (non-hydrogen) atoms. The summed E-state index contributed by atoms with van der Waals surface area (Å²) < 4.78 is 6.35. The molecular formula is C7H15NO2. The Labute approximate surface area is 63.1 Å². The predicted octanol–water partition coefficient (Wildman–Crippen LogP) is 1.64. The van der Waals surface area contributed by atoms with Crippen molar-refractivity contribution in [1.82, 2.24) is 4.90 Å². The standard InChI is InChI=1S/C7H15NO2/c1-4-6(2)5-8(3)7(9)10/h6H,4-5H2,1-3H3,(H,9,10)/i/hT. The highest BCUT2D eigenvalue weighted by Crippen LogP contribution is 2.01. The van der Waals surface area contributed by atoms with Crippen LogP contribution in [0.3, 0.4) is 0 Å². The second-order valence-electron chi connectivity index (χ2n) is 2.66. The third-order valence-corrected chi connectivity index (χ3v) is 1.59. The van der Waals surface area contributed by atoms with Crippen LogP contribution >= 0.6 is 0 Å². The van der Waals surface area contributed by atoms with E-state index in [9.17, 15) is 4.79 Å². The average molecular weight is 147 g/mol. The van der Waals surface area contributed by atoms with Crippen molar-refractivity contribution >= 4 is 6.09 Å². The monoisotopic (exact) mass is 147 g/mol. The van der Waals surface area contributed by atoms with E-state index in [1.807, 2.05) is 6.92 Å². The van der Waals surface area contributed by atoms with Crippen LogP contribution in [0.2, 0.25) is 0 Å². The van der Waals surface area contributed by atoms with Gasteiger partial charge in [-0.05, 0) is 5.92 Å². The summed E-state index contributed by atoms with van der Waals surface area (Å²) in [6, 6.07) is 0. The molecule has 0 aromatic rings. The molecule has 0 aliphatic rings. The number of carboxylic acid groups (broad SMARTS) is 1. The van der Waals surface area contributed by atoms with E-state index in [0.717, 1.165) is 6.42 Å². The highest BCUT2D eigenvalue weighted by Gasteiger charge is 2.07. The quantitative estimate of drug-likeness (QED) is 0.659. The Morgan fingerprint density at radius 3 is 2.90 bits per heavy atom. The molecule has 0 aliphatic heterocycles. The van der Waals surface area contributed by atoms with Gasteiger partial charge in [-0.3, -0.25) is 0 Å².